The van der Waals surface area contributed by atoms with Gasteiger partial charge >= 0.3 is 16.8 Å². The van der Waals surface area contributed by atoms with E-state index in [1.54, 1.807) is 0 Å². The summed E-state index contributed by atoms with van der Waals surface area (Å²) in [6.07, 6.45) is 2.56. The Morgan fingerprint density at radius 1 is 0.676 bits per heavy atom. The predicted molar refractivity (Wildman–Crippen MR) is 139 cm³/mol. The van der Waals surface area contributed by atoms with E-state index >= 15 is 0 Å². The molecular weight excluding hydrogens is 511 g/mol. The number of aliphatic imine (C=N–C) groups is 2. The Labute approximate surface area is 230 Å². The number of nitrogens with zero attached hydrogens (tertiary/aromatic N) is 10. The first-order chi connectivity index (χ1) is 16.9. The molecule has 0 fully saturated rings. The normalized spacial score (nSPS) is 13.3. The monoisotopic (exact) mass is 543 g/mol. The second-order valence-corrected chi connectivity index (χ2v) is 9.92. The van der Waals surface area contributed by atoms with Crippen molar-refractivity contribution in [2.24, 2.45) is 9.98 Å². The van der Waals surface area contributed by atoms with Crippen molar-refractivity contribution in [3.05, 3.63) is 70.0 Å². The van der Waals surface area contributed by atoms with Crippen molar-refractivity contribution in [2.45, 2.75) is 78.8 Å². The quantitative estimate of drug-likeness (QED) is 0.344. The van der Waals surface area contributed by atoms with Crippen molar-refractivity contribution in [1.82, 2.24) is 19.8 Å². The third-order valence-electron chi connectivity index (χ3n) is 5.24. The molecule has 11 heteroatoms. The van der Waals surface area contributed by atoms with E-state index in [0.717, 1.165) is 49.0 Å². The van der Waals surface area contributed by atoms with Gasteiger partial charge in [-0.15, -0.1) is 12.0 Å². The van der Waals surface area contributed by atoms with Crippen LogP contribution in [-0.2, 0) is 43.0 Å². The molecule has 4 bridgehead atoms. The van der Waals surface area contributed by atoms with Crippen molar-refractivity contribution in [3.63, 3.8) is 0 Å². The number of rotatable bonds is 0. The molecule has 0 aromatic carbocycles. The van der Waals surface area contributed by atoms with Crippen LogP contribution in [0.4, 0.5) is 0 Å². The number of hydrogen-bond acceptors (Lipinski definition) is 8. The summed E-state index contributed by atoms with van der Waals surface area (Å²) >= 11 is 0. The zero-order valence-corrected chi connectivity index (χ0v) is 23.1. The Morgan fingerprint density at radius 3 is 1.11 bits per heavy atom. The van der Waals surface area contributed by atoms with Gasteiger partial charge in [0.05, 0.1) is 35.2 Å². The van der Waals surface area contributed by atoms with Crippen LogP contribution < -0.4 is 0 Å². The number of nitriles is 2. The average molecular weight is 544 g/mol. The minimum Gasteiger partial charge on any atom is -0.422 e. The average Bonchev–Trinajstić information content (AvgIpc) is 2.79. The zero-order valence-electron chi connectivity index (χ0n) is 22.1. The van der Waals surface area contributed by atoms with Gasteiger partial charge in [0, 0.05) is 37.3 Å². The summed E-state index contributed by atoms with van der Waals surface area (Å²) < 4.78 is 0. The molecule has 1 aliphatic heterocycles. The fraction of sp³-hybridized carbons (Fsp3) is 0.462. The molecule has 0 amide bonds. The molecule has 3 rings (SSSR count). The summed E-state index contributed by atoms with van der Waals surface area (Å²) in [5.74, 6) is 0. The number of fused-ring (bicyclic) bond motifs is 4. The van der Waals surface area contributed by atoms with Crippen molar-refractivity contribution in [2.75, 3.05) is 0 Å². The van der Waals surface area contributed by atoms with Gasteiger partial charge in [0.2, 0.25) is 0 Å². The second-order valence-electron chi connectivity index (χ2n) is 9.92. The maximum absolute atomic E-state index is 7.43. The van der Waals surface area contributed by atoms with Gasteiger partial charge < -0.3 is 20.8 Å². The topological polar surface area (TPSA) is 149 Å². The maximum Gasteiger partial charge on any atom is 2.00 e. The van der Waals surface area contributed by atoms with Crippen LogP contribution in [0, 0.1) is 22.9 Å². The third-order valence-corrected chi connectivity index (χ3v) is 5.24. The largest absolute Gasteiger partial charge is 2.00 e. The SMILES string of the molecule is CC(C)(C)N1Cc2cccc(n2)CN(C(C)(C)C)Cc2cccc(n2)C1.N#CN=C=[N-].N#CN=C=[N-].[Co+2]. The van der Waals surface area contributed by atoms with Gasteiger partial charge in [0.1, 0.15) is 0 Å². The van der Waals surface area contributed by atoms with Crippen LogP contribution in [0.25, 0.3) is 10.8 Å². The Hall–Kier alpha value is -3.53. The first-order valence-electron chi connectivity index (χ1n) is 11.3. The summed E-state index contributed by atoms with van der Waals surface area (Å²) in [7, 11) is 0. The maximum atomic E-state index is 7.43. The van der Waals surface area contributed by atoms with Gasteiger partial charge in [-0.05, 0) is 65.8 Å². The smallest absolute Gasteiger partial charge is 0.422 e. The van der Waals surface area contributed by atoms with Crippen LogP contribution >= 0.6 is 0 Å². The summed E-state index contributed by atoms with van der Waals surface area (Å²) in [5.41, 5.74) is 4.62. The Morgan fingerprint density at radius 2 is 0.946 bits per heavy atom. The fourth-order valence-corrected chi connectivity index (χ4v) is 3.30. The molecule has 0 atom stereocenters. The first-order valence-corrected chi connectivity index (χ1v) is 11.3. The fourth-order valence-electron chi connectivity index (χ4n) is 3.30. The number of aromatic nitrogens is 2. The molecule has 0 saturated carbocycles. The van der Waals surface area contributed by atoms with Gasteiger partial charge in [-0.1, -0.05) is 12.1 Å². The van der Waals surface area contributed by atoms with Crippen LogP contribution in [0.15, 0.2) is 46.4 Å². The molecule has 0 saturated heterocycles. The molecular formula is C26H32CoN10. The van der Waals surface area contributed by atoms with E-state index in [-0.39, 0.29) is 27.9 Å². The molecule has 37 heavy (non-hydrogen) atoms. The van der Waals surface area contributed by atoms with Crippen LogP contribution in [0.3, 0.4) is 0 Å². The van der Waals surface area contributed by atoms with E-state index in [1.807, 2.05) is 0 Å². The Bertz CT molecular complexity index is 1040. The van der Waals surface area contributed by atoms with E-state index in [1.165, 1.54) is 24.4 Å². The summed E-state index contributed by atoms with van der Waals surface area (Å²) in [5, 5.41) is 29.7. The zero-order chi connectivity index (χ0) is 27.2. The van der Waals surface area contributed by atoms with Crippen molar-refractivity contribution in [1.29, 1.82) is 10.5 Å². The van der Waals surface area contributed by atoms with E-state index in [9.17, 15) is 0 Å². The number of hydrogen-bond donors (Lipinski definition) is 0. The Kier molecular flexibility index (Phi) is 14.7. The van der Waals surface area contributed by atoms with Gasteiger partial charge in [0.15, 0.2) is 0 Å². The van der Waals surface area contributed by atoms with E-state index in [0.29, 0.717) is 0 Å². The van der Waals surface area contributed by atoms with E-state index in [2.05, 4.69) is 97.7 Å². The van der Waals surface area contributed by atoms with Gasteiger partial charge in [-0.25, -0.2) is 0 Å². The Balaban J connectivity index is 0.00000101. The van der Waals surface area contributed by atoms with Crippen LogP contribution in [0.1, 0.15) is 64.3 Å². The van der Waals surface area contributed by atoms with Crippen molar-refractivity contribution in [3.8, 4) is 12.4 Å². The van der Waals surface area contributed by atoms with Crippen LogP contribution in [0.2, 0.25) is 0 Å². The molecule has 2 aromatic heterocycles. The van der Waals surface area contributed by atoms with Gasteiger partial charge in [-0.3, -0.25) is 19.8 Å². The molecule has 195 valence electrons. The van der Waals surface area contributed by atoms with E-state index in [4.69, 9.17) is 31.3 Å². The summed E-state index contributed by atoms with van der Waals surface area (Å²) in [6, 6.07) is 15.4. The predicted octanol–water partition coefficient (Wildman–Crippen LogP) is 4.81. The first kappa shape index (κ1) is 33.5. The molecule has 3 heterocycles. The molecule has 1 radical (unpaired) electrons. The molecule has 10 nitrogen and oxygen atoms in total. The molecule has 2 aromatic rings. The molecule has 1 aliphatic rings. The van der Waals surface area contributed by atoms with Gasteiger partial charge in [0.25, 0.3) is 0 Å². The van der Waals surface area contributed by atoms with Crippen LogP contribution in [0.5, 0.6) is 0 Å². The van der Waals surface area contributed by atoms with Crippen molar-refractivity contribution >= 4 is 12.0 Å². The minimum atomic E-state index is 0. The van der Waals surface area contributed by atoms with Gasteiger partial charge in [-0.2, -0.15) is 10.5 Å². The number of pyridine rings is 2. The minimum absolute atomic E-state index is 0. The van der Waals surface area contributed by atoms with Crippen molar-refractivity contribution < 1.29 is 16.8 Å². The van der Waals surface area contributed by atoms with E-state index < -0.39 is 0 Å². The molecule has 0 N–H and O–H groups in total. The molecule has 0 spiro atoms. The van der Waals surface area contributed by atoms with Crippen LogP contribution in [-0.4, -0.2) is 42.9 Å². The molecule has 0 unspecified atom stereocenters. The summed E-state index contributed by atoms with van der Waals surface area (Å²) in [6.45, 7) is 16.9. The summed E-state index contributed by atoms with van der Waals surface area (Å²) in [4.78, 5) is 20.0. The molecule has 0 aliphatic carbocycles. The third kappa shape index (κ3) is 12.8. The second kappa shape index (κ2) is 16.3. The standard InChI is InChI=1S/C22H32N4.2C2N3.Co/c1-21(2,3)25-13-17-9-7-11-19(23-17)15-26(22(4,5)6)16-20-12-8-10-18(14-25)24-20;2*3-1-5-2-4;/h7-12H,13-16H2,1-6H3;;;/q;2*-1;+2.